The third-order valence-electron chi connectivity index (χ3n) is 5.17. The zero-order chi connectivity index (χ0) is 23.9. The summed E-state index contributed by atoms with van der Waals surface area (Å²) in [4.78, 5) is 24.5. The molecule has 0 spiro atoms. The topological polar surface area (TPSA) is 67.8 Å². The van der Waals surface area contributed by atoms with Crippen LogP contribution in [0.3, 0.4) is 0 Å². The van der Waals surface area contributed by atoms with E-state index in [1.165, 1.54) is 51.2 Å². The highest BCUT2D eigenvalue weighted by atomic mass is 79.9. The Kier molecular flexibility index (Phi) is 12.8. The van der Waals surface area contributed by atoms with Crippen LogP contribution in [0.2, 0.25) is 5.02 Å². The minimum atomic E-state index is -0.563. The number of benzene rings is 2. The Morgan fingerprint density at radius 1 is 1.00 bits per heavy atom. The summed E-state index contributed by atoms with van der Waals surface area (Å²) in [7, 11) is 0. The van der Waals surface area contributed by atoms with E-state index in [2.05, 4.69) is 33.4 Å². The fourth-order valence-corrected chi connectivity index (χ4v) is 3.91. The molecule has 0 aliphatic rings. The predicted molar refractivity (Wildman–Crippen MR) is 138 cm³/mol. The third-order valence-corrected chi connectivity index (χ3v) is 5.99. The Hall–Kier alpha value is -2.18. The van der Waals surface area contributed by atoms with Crippen LogP contribution in [0.15, 0.2) is 52.0 Å². The van der Waals surface area contributed by atoms with E-state index in [1.54, 1.807) is 42.5 Å². The Morgan fingerprint density at radius 2 is 1.67 bits per heavy atom. The van der Waals surface area contributed by atoms with Gasteiger partial charge in [0.15, 0.2) is 0 Å². The second kappa shape index (κ2) is 15.6. The van der Waals surface area contributed by atoms with Crippen molar-refractivity contribution in [1.29, 1.82) is 0 Å². The van der Waals surface area contributed by atoms with E-state index in [0.29, 0.717) is 22.8 Å². The van der Waals surface area contributed by atoms with Crippen LogP contribution in [0, 0.1) is 0 Å². The van der Waals surface area contributed by atoms with Crippen molar-refractivity contribution >= 4 is 45.6 Å². The number of nitrogens with zero attached hydrogens (tertiary/aromatic N) is 1. The lowest BCUT2D eigenvalue weighted by Gasteiger charge is -2.09. The number of carbonyl (C=O) groups is 2. The molecule has 0 heterocycles. The quantitative estimate of drug-likeness (QED) is 0.0886. The molecule has 0 aliphatic heterocycles. The molecular formula is C26H32BrClN2O3. The second-order valence-electron chi connectivity index (χ2n) is 7.92. The molecule has 5 nitrogen and oxygen atoms in total. The largest absolute Gasteiger partial charge is 0.422 e. The maximum absolute atomic E-state index is 12.5. The van der Waals surface area contributed by atoms with E-state index in [0.717, 1.165) is 17.3 Å². The van der Waals surface area contributed by atoms with Crippen molar-refractivity contribution < 1.29 is 14.3 Å². The summed E-state index contributed by atoms with van der Waals surface area (Å²) in [6, 6.07) is 11.9. The Bertz CT molecular complexity index is 934. The number of hydrogen-bond acceptors (Lipinski definition) is 4. The lowest BCUT2D eigenvalue weighted by Crippen LogP contribution is -2.17. The van der Waals surface area contributed by atoms with Gasteiger partial charge in [-0.3, -0.25) is 4.79 Å². The molecule has 0 radical (unpaired) electrons. The van der Waals surface area contributed by atoms with E-state index in [-0.39, 0.29) is 11.5 Å². The summed E-state index contributed by atoms with van der Waals surface area (Å²) >= 11 is 9.48. The first-order valence-corrected chi connectivity index (χ1v) is 12.8. The zero-order valence-electron chi connectivity index (χ0n) is 19.1. The van der Waals surface area contributed by atoms with Gasteiger partial charge in [0.05, 0.1) is 16.8 Å². The number of ether oxygens (including phenoxy) is 1. The van der Waals surface area contributed by atoms with Crippen LogP contribution in [0.1, 0.15) is 87.1 Å². The molecule has 0 unspecified atom stereocenters. The SMILES string of the molecule is CCCCCCCCCCCC(=O)N/N=C\c1cc(Br)ccc1OC(=O)c1ccccc1Cl. The lowest BCUT2D eigenvalue weighted by molar-refractivity contribution is -0.121. The minimum Gasteiger partial charge on any atom is -0.422 e. The van der Waals surface area contributed by atoms with Gasteiger partial charge in [-0.15, -0.1) is 0 Å². The van der Waals surface area contributed by atoms with Gasteiger partial charge in [0, 0.05) is 16.5 Å². The molecular weight excluding hydrogens is 504 g/mol. The standard InChI is InChI=1S/C26H32BrClN2O3/c1-2-3-4-5-6-7-8-9-10-15-25(31)30-29-19-20-18-21(27)16-17-24(20)33-26(32)22-13-11-12-14-23(22)28/h11-14,16-19H,2-10,15H2,1H3,(H,30,31)/b29-19-. The smallest absolute Gasteiger partial charge is 0.345 e. The van der Waals surface area contributed by atoms with Gasteiger partial charge in [0.2, 0.25) is 5.91 Å². The highest BCUT2D eigenvalue weighted by molar-refractivity contribution is 9.10. The average molecular weight is 536 g/mol. The van der Waals surface area contributed by atoms with Crippen molar-refractivity contribution in [1.82, 2.24) is 5.43 Å². The number of amides is 1. The van der Waals surface area contributed by atoms with E-state index in [4.69, 9.17) is 16.3 Å². The van der Waals surface area contributed by atoms with Crippen LogP contribution in [0.4, 0.5) is 0 Å². The Balaban J connectivity index is 1.78. The molecule has 33 heavy (non-hydrogen) atoms. The van der Waals surface area contributed by atoms with Gasteiger partial charge in [-0.2, -0.15) is 5.10 Å². The molecule has 0 atom stereocenters. The summed E-state index contributed by atoms with van der Waals surface area (Å²) in [6.07, 6.45) is 12.8. The first-order chi connectivity index (χ1) is 16.0. The predicted octanol–water partition coefficient (Wildman–Crippen LogP) is 7.69. The van der Waals surface area contributed by atoms with Crippen LogP contribution in [-0.4, -0.2) is 18.1 Å². The monoisotopic (exact) mass is 534 g/mol. The van der Waals surface area contributed by atoms with Crippen LogP contribution < -0.4 is 10.2 Å². The van der Waals surface area contributed by atoms with E-state index in [9.17, 15) is 9.59 Å². The first-order valence-electron chi connectivity index (χ1n) is 11.6. The molecule has 0 saturated heterocycles. The van der Waals surface area contributed by atoms with Crippen molar-refractivity contribution in [2.75, 3.05) is 0 Å². The van der Waals surface area contributed by atoms with E-state index < -0.39 is 5.97 Å². The van der Waals surface area contributed by atoms with Crippen LogP contribution in [0.5, 0.6) is 5.75 Å². The third kappa shape index (κ3) is 10.5. The van der Waals surface area contributed by atoms with Crippen molar-refractivity contribution in [2.24, 2.45) is 5.10 Å². The molecule has 178 valence electrons. The number of nitrogens with one attached hydrogen (secondary N) is 1. The van der Waals surface area contributed by atoms with Crippen LogP contribution >= 0.6 is 27.5 Å². The van der Waals surface area contributed by atoms with Gasteiger partial charge in [-0.25, -0.2) is 10.2 Å². The van der Waals surface area contributed by atoms with Gasteiger partial charge in [-0.05, 0) is 36.8 Å². The molecule has 0 aromatic heterocycles. The minimum absolute atomic E-state index is 0.126. The molecule has 1 N–H and O–H groups in total. The summed E-state index contributed by atoms with van der Waals surface area (Å²) in [5, 5.41) is 4.35. The summed E-state index contributed by atoms with van der Waals surface area (Å²) in [6.45, 7) is 2.23. The summed E-state index contributed by atoms with van der Waals surface area (Å²) < 4.78 is 6.30. The van der Waals surface area contributed by atoms with Crippen molar-refractivity contribution in [2.45, 2.75) is 71.1 Å². The molecule has 7 heteroatoms. The highest BCUT2D eigenvalue weighted by Gasteiger charge is 2.14. The first kappa shape index (κ1) is 27.1. The van der Waals surface area contributed by atoms with Gasteiger partial charge in [-0.1, -0.05) is 98.0 Å². The Morgan fingerprint density at radius 3 is 2.36 bits per heavy atom. The van der Waals surface area contributed by atoms with Gasteiger partial charge in [0.25, 0.3) is 0 Å². The number of halogens is 2. The lowest BCUT2D eigenvalue weighted by atomic mass is 10.1. The number of rotatable bonds is 14. The summed E-state index contributed by atoms with van der Waals surface area (Å²) in [5.41, 5.74) is 3.38. The number of hydrogen-bond donors (Lipinski definition) is 1. The Labute approximate surface area is 210 Å². The second-order valence-corrected chi connectivity index (χ2v) is 9.25. The van der Waals surface area contributed by atoms with Crippen molar-refractivity contribution in [3.8, 4) is 5.75 Å². The maximum atomic E-state index is 12.5. The highest BCUT2D eigenvalue weighted by Crippen LogP contribution is 2.24. The molecule has 2 aromatic rings. The fraction of sp³-hybridized carbons (Fsp3) is 0.423. The molecule has 0 fully saturated rings. The van der Waals surface area contributed by atoms with Crippen molar-refractivity contribution in [3.63, 3.8) is 0 Å². The zero-order valence-corrected chi connectivity index (χ0v) is 21.5. The van der Waals surface area contributed by atoms with Crippen molar-refractivity contribution in [3.05, 3.63) is 63.1 Å². The molecule has 2 rings (SSSR count). The number of hydrazone groups is 1. The van der Waals surface area contributed by atoms with Crippen LogP contribution in [0.25, 0.3) is 0 Å². The summed E-state index contributed by atoms with van der Waals surface area (Å²) in [5.74, 6) is -0.370. The van der Waals surface area contributed by atoms with E-state index >= 15 is 0 Å². The molecule has 2 aromatic carbocycles. The van der Waals surface area contributed by atoms with E-state index in [1.807, 2.05) is 0 Å². The molecule has 0 bridgehead atoms. The average Bonchev–Trinajstić information content (AvgIpc) is 2.80. The van der Waals surface area contributed by atoms with Gasteiger partial charge < -0.3 is 4.74 Å². The number of unbranched alkanes of at least 4 members (excludes halogenated alkanes) is 8. The van der Waals surface area contributed by atoms with Gasteiger partial charge >= 0.3 is 5.97 Å². The molecule has 0 aliphatic carbocycles. The van der Waals surface area contributed by atoms with Gasteiger partial charge in [0.1, 0.15) is 5.75 Å². The normalized spacial score (nSPS) is 11.0. The molecule has 1 amide bonds. The van der Waals surface area contributed by atoms with Crippen LogP contribution in [-0.2, 0) is 4.79 Å². The maximum Gasteiger partial charge on any atom is 0.345 e. The number of carbonyl (C=O) groups excluding carboxylic acids is 2. The fourth-order valence-electron chi connectivity index (χ4n) is 3.32. The number of esters is 1. The molecule has 0 saturated carbocycles.